The van der Waals surface area contributed by atoms with E-state index in [1.807, 2.05) is 19.1 Å². The van der Waals surface area contributed by atoms with Gasteiger partial charge in [0.25, 0.3) is 0 Å². The lowest BCUT2D eigenvalue weighted by Gasteiger charge is -2.13. The number of Topliss-reactive ketones (excluding diaryl/α,β-unsaturated/α-hetero) is 1. The molecule has 0 atom stereocenters. The third-order valence-electron chi connectivity index (χ3n) is 4.40. The number of hydrogen-bond acceptors (Lipinski definition) is 7. The molecule has 0 amide bonds. The molecule has 0 aliphatic rings. The van der Waals surface area contributed by atoms with Gasteiger partial charge in [-0.1, -0.05) is 36.2 Å². The maximum absolute atomic E-state index is 12.0. The number of carboxylic acids is 1. The molecule has 0 heterocycles. The maximum Gasteiger partial charge on any atom is 0.307 e. The van der Waals surface area contributed by atoms with Gasteiger partial charge in [-0.2, -0.15) is 4.91 Å². The summed E-state index contributed by atoms with van der Waals surface area (Å²) >= 11 is 9.48. The minimum absolute atomic E-state index is 0.0513. The first-order valence-electron chi connectivity index (χ1n) is 9.80. The molecule has 0 aromatic heterocycles. The van der Waals surface area contributed by atoms with Crippen LogP contribution in [0, 0.1) is 4.91 Å². The number of hydrogen-bond donors (Lipinski definition) is 2. The summed E-state index contributed by atoms with van der Waals surface area (Å²) in [4.78, 5) is 35.0. The van der Waals surface area contributed by atoms with Gasteiger partial charge in [0, 0.05) is 15.4 Å². The number of nitrogens with zero attached hydrogens (tertiary/aromatic N) is 1. The summed E-state index contributed by atoms with van der Waals surface area (Å²) in [7, 11) is 0. The van der Waals surface area contributed by atoms with Gasteiger partial charge in [0.1, 0.15) is 12.3 Å². The van der Waals surface area contributed by atoms with E-state index in [0.29, 0.717) is 17.0 Å². The molecule has 2 rings (SSSR count). The third-order valence-corrected chi connectivity index (χ3v) is 7.17. The number of rotatable bonds is 13. The zero-order valence-electron chi connectivity index (χ0n) is 17.1. The second kappa shape index (κ2) is 12.7. The molecule has 0 bridgehead atoms. The predicted molar refractivity (Wildman–Crippen MR) is 126 cm³/mol. The largest absolute Gasteiger partial charge is 0.507 e. The number of carbonyl (C=O) groups excluding carboxylic acids is 1. The summed E-state index contributed by atoms with van der Waals surface area (Å²) in [5.41, 5.74) is 1.55. The van der Waals surface area contributed by atoms with Crippen molar-refractivity contribution >= 4 is 46.9 Å². The van der Waals surface area contributed by atoms with Crippen LogP contribution >= 0.6 is 35.1 Å². The second-order valence-corrected chi connectivity index (χ2v) is 9.47. The van der Waals surface area contributed by atoms with E-state index in [0.717, 1.165) is 39.7 Å². The molecular formula is C22H24ClNO5S2. The van der Waals surface area contributed by atoms with Gasteiger partial charge in [-0.15, -0.1) is 23.5 Å². The summed E-state index contributed by atoms with van der Waals surface area (Å²) in [6, 6.07) is 8.69. The molecule has 0 fully saturated rings. The van der Waals surface area contributed by atoms with Crippen molar-refractivity contribution in [1.82, 2.24) is 0 Å². The van der Waals surface area contributed by atoms with Gasteiger partial charge in [-0.05, 0) is 54.2 Å². The fourth-order valence-electron chi connectivity index (χ4n) is 2.98. The first-order valence-corrected chi connectivity index (χ1v) is 12.1. The number of halogens is 1. The molecule has 31 heavy (non-hydrogen) atoms. The van der Waals surface area contributed by atoms with Gasteiger partial charge in [-0.25, -0.2) is 0 Å². The van der Waals surface area contributed by atoms with Gasteiger partial charge in [0.05, 0.1) is 17.0 Å². The van der Waals surface area contributed by atoms with Crippen molar-refractivity contribution in [3.05, 3.63) is 57.0 Å². The molecule has 0 spiro atoms. The Hall–Kier alpha value is -2.03. The maximum atomic E-state index is 12.0. The highest BCUT2D eigenvalue weighted by Crippen LogP contribution is 2.35. The van der Waals surface area contributed by atoms with Crippen molar-refractivity contribution < 1.29 is 19.8 Å². The Bertz CT molecular complexity index is 952. The number of aromatic hydroxyl groups is 1. The number of phenolic OH excluding ortho intramolecular Hbond substituents is 1. The highest BCUT2D eigenvalue weighted by atomic mass is 35.5. The van der Waals surface area contributed by atoms with Crippen molar-refractivity contribution in [2.45, 2.75) is 42.4 Å². The standard InChI is InChI=1S/C22H24ClNO5S2/c1-2-4-16-19(8-6-15(22(16)28)18(25)13-24-29)30-9-3-10-31-20-7-5-14(11-17(20)23)12-21(26)27/h5-8,11,28H,2-4,9-10,12-13H2,1H3,(H,26,27). The molecule has 9 heteroatoms. The number of carbonyl (C=O) groups is 2. The monoisotopic (exact) mass is 481 g/mol. The summed E-state index contributed by atoms with van der Waals surface area (Å²) in [6.45, 7) is 1.51. The third kappa shape index (κ3) is 7.55. The molecule has 166 valence electrons. The Labute approximate surface area is 194 Å². The SMILES string of the molecule is CCCc1c(SCCCSc2ccc(CC(=O)O)cc2Cl)ccc(C(=O)CN=O)c1O. The average Bonchev–Trinajstić information content (AvgIpc) is 2.71. The van der Waals surface area contributed by atoms with Crippen molar-refractivity contribution in [3.8, 4) is 5.75 Å². The lowest BCUT2D eigenvalue weighted by molar-refractivity contribution is -0.136. The lowest BCUT2D eigenvalue weighted by atomic mass is 10.0. The van der Waals surface area contributed by atoms with Crippen LogP contribution in [0.5, 0.6) is 5.75 Å². The molecule has 0 unspecified atom stereocenters. The molecule has 2 N–H and O–H groups in total. The van der Waals surface area contributed by atoms with E-state index >= 15 is 0 Å². The quantitative estimate of drug-likeness (QED) is 0.160. The van der Waals surface area contributed by atoms with Crippen molar-refractivity contribution in [3.63, 3.8) is 0 Å². The minimum atomic E-state index is -0.889. The number of ketones is 1. The zero-order valence-corrected chi connectivity index (χ0v) is 19.5. The van der Waals surface area contributed by atoms with E-state index in [1.165, 1.54) is 0 Å². The molecule has 2 aromatic rings. The summed E-state index contributed by atoms with van der Waals surface area (Å²) in [5.74, 6) is 0.231. The van der Waals surface area contributed by atoms with Crippen LogP contribution in [0.15, 0.2) is 45.3 Å². The molecule has 0 saturated carbocycles. The molecule has 0 radical (unpaired) electrons. The molecule has 6 nitrogen and oxygen atoms in total. The topological polar surface area (TPSA) is 104 Å². The Morgan fingerprint density at radius 2 is 1.77 bits per heavy atom. The highest BCUT2D eigenvalue weighted by molar-refractivity contribution is 8.00. The Morgan fingerprint density at radius 1 is 1.10 bits per heavy atom. The van der Waals surface area contributed by atoms with Crippen LogP contribution in [-0.2, 0) is 17.6 Å². The Morgan fingerprint density at radius 3 is 2.39 bits per heavy atom. The lowest BCUT2D eigenvalue weighted by Crippen LogP contribution is -2.05. The number of thioether (sulfide) groups is 2. The fourth-order valence-corrected chi connectivity index (χ4v) is 5.45. The van der Waals surface area contributed by atoms with E-state index in [1.54, 1.807) is 41.7 Å². The van der Waals surface area contributed by atoms with Gasteiger partial charge >= 0.3 is 5.97 Å². The van der Waals surface area contributed by atoms with Crippen LogP contribution < -0.4 is 0 Å². The van der Waals surface area contributed by atoms with E-state index in [2.05, 4.69) is 5.18 Å². The van der Waals surface area contributed by atoms with Crippen molar-refractivity contribution in [2.24, 2.45) is 5.18 Å². The van der Waals surface area contributed by atoms with Crippen LogP contribution in [0.1, 0.15) is 41.3 Å². The number of aliphatic carboxylic acids is 1. The number of carboxylic acid groups (broad SMARTS) is 1. The van der Waals surface area contributed by atoms with Crippen molar-refractivity contribution in [1.29, 1.82) is 0 Å². The molecule has 2 aromatic carbocycles. The number of benzene rings is 2. The highest BCUT2D eigenvalue weighted by Gasteiger charge is 2.17. The fraction of sp³-hybridized carbons (Fsp3) is 0.364. The van der Waals surface area contributed by atoms with E-state index in [-0.39, 0.29) is 17.7 Å². The van der Waals surface area contributed by atoms with E-state index in [4.69, 9.17) is 16.7 Å². The Balaban J connectivity index is 1.93. The first-order chi connectivity index (χ1) is 14.9. The van der Waals surface area contributed by atoms with Gasteiger partial charge < -0.3 is 10.2 Å². The van der Waals surface area contributed by atoms with E-state index in [9.17, 15) is 19.6 Å². The smallest absolute Gasteiger partial charge is 0.307 e. The Kier molecular flexibility index (Phi) is 10.4. The molecular weight excluding hydrogens is 458 g/mol. The average molecular weight is 482 g/mol. The van der Waals surface area contributed by atoms with Crippen LogP contribution in [-0.4, -0.2) is 40.0 Å². The minimum Gasteiger partial charge on any atom is -0.507 e. The number of phenols is 1. The zero-order chi connectivity index (χ0) is 22.8. The summed E-state index contributed by atoms with van der Waals surface area (Å²) in [5, 5.41) is 22.6. The van der Waals surface area contributed by atoms with Crippen LogP contribution in [0.25, 0.3) is 0 Å². The van der Waals surface area contributed by atoms with Crippen LogP contribution in [0.3, 0.4) is 0 Å². The van der Waals surface area contributed by atoms with Crippen LogP contribution in [0.4, 0.5) is 0 Å². The van der Waals surface area contributed by atoms with Gasteiger partial charge in [0.15, 0.2) is 5.78 Å². The molecule has 0 aliphatic heterocycles. The van der Waals surface area contributed by atoms with Crippen LogP contribution in [0.2, 0.25) is 5.02 Å². The van der Waals surface area contributed by atoms with E-state index < -0.39 is 18.3 Å². The predicted octanol–water partition coefficient (Wildman–Crippen LogP) is 5.85. The second-order valence-electron chi connectivity index (χ2n) is 6.78. The van der Waals surface area contributed by atoms with Crippen molar-refractivity contribution in [2.75, 3.05) is 18.1 Å². The summed E-state index contributed by atoms with van der Waals surface area (Å²) < 4.78 is 0. The molecule has 0 aliphatic carbocycles. The van der Waals surface area contributed by atoms with Gasteiger partial charge in [0.2, 0.25) is 0 Å². The normalized spacial score (nSPS) is 10.8. The van der Waals surface area contributed by atoms with Gasteiger partial charge in [-0.3, -0.25) is 9.59 Å². The first kappa shape index (κ1) is 25.2. The number of nitroso groups, excluding NO2 is 1. The molecule has 0 saturated heterocycles. The summed E-state index contributed by atoms with van der Waals surface area (Å²) in [6.07, 6.45) is 2.29.